The number of hydrogen-bond donors (Lipinski definition) is 1. The molecule has 0 aromatic heterocycles. The fourth-order valence-electron chi connectivity index (χ4n) is 1.06. The third-order valence-corrected chi connectivity index (χ3v) is 2.00. The Labute approximate surface area is 89.7 Å². The van der Waals surface area contributed by atoms with Crippen molar-refractivity contribution in [2.45, 2.75) is 19.3 Å². The summed E-state index contributed by atoms with van der Waals surface area (Å²) < 4.78 is 0. The molecule has 0 fully saturated rings. The van der Waals surface area contributed by atoms with Gasteiger partial charge in [0.05, 0.1) is 0 Å². The van der Waals surface area contributed by atoms with Gasteiger partial charge in [0, 0.05) is 23.6 Å². The maximum absolute atomic E-state index is 8.55. The number of hydrogen-bond acceptors (Lipinski definition) is 1. The van der Waals surface area contributed by atoms with Gasteiger partial charge in [-0.15, -0.1) is 0 Å². The smallest absolute Gasteiger partial charge is 0.0431 e. The lowest BCUT2D eigenvalue weighted by molar-refractivity contribution is 0.285. The molecule has 1 nitrogen and oxygen atoms in total. The maximum atomic E-state index is 8.55. The van der Waals surface area contributed by atoms with Crippen LogP contribution in [0.3, 0.4) is 0 Å². The maximum Gasteiger partial charge on any atom is 0.0431 e. The van der Waals surface area contributed by atoms with Crippen molar-refractivity contribution in [2.24, 2.45) is 0 Å². The second kappa shape index (κ2) is 6.48. The van der Waals surface area contributed by atoms with Crippen LogP contribution in [-0.2, 0) is 0 Å². The summed E-state index contributed by atoms with van der Waals surface area (Å²) in [6, 6.07) is 7.50. The second-order valence-corrected chi connectivity index (χ2v) is 3.43. The molecule has 1 rings (SSSR count). The van der Waals surface area contributed by atoms with E-state index in [-0.39, 0.29) is 6.61 Å². The summed E-state index contributed by atoms with van der Waals surface area (Å²) in [4.78, 5) is 0. The van der Waals surface area contributed by atoms with Crippen LogP contribution in [0.1, 0.15) is 24.8 Å². The largest absolute Gasteiger partial charge is 0.396 e. The van der Waals surface area contributed by atoms with Gasteiger partial charge in [-0.2, -0.15) is 0 Å². The number of aliphatic hydroxyl groups excluding tert-OH is 1. The zero-order valence-corrected chi connectivity index (χ0v) is 8.72. The summed E-state index contributed by atoms with van der Waals surface area (Å²) in [5.74, 6) is 6.07. The normalized spacial score (nSPS) is 9.29. The van der Waals surface area contributed by atoms with Crippen LogP contribution in [0.25, 0.3) is 0 Å². The lowest BCUT2D eigenvalue weighted by Crippen LogP contribution is -1.80. The number of unbranched alkanes of at least 4 members (excludes halogenated alkanes) is 2. The molecule has 0 aliphatic carbocycles. The van der Waals surface area contributed by atoms with E-state index in [1.807, 2.05) is 24.3 Å². The molecular formula is C12H13ClO. The number of aliphatic hydroxyl groups is 1. The summed E-state index contributed by atoms with van der Waals surface area (Å²) in [5, 5.41) is 9.27. The predicted molar refractivity (Wildman–Crippen MR) is 59.3 cm³/mol. The lowest BCUT2D eigenvalue weighted by atomic mass is 10.2. The van der Waals surface area contributed by atoms with E-state index in [9.17, 15) is 0 Å². The standard InChI is InChI=1S/C12H13ClO/c13-12-8-5-7-11(10-12)6-3-1-2-4-9-14/h5,7-8,10,14H,1-2,4,9H2. The van der Waals surface area contributed by atoms with E-state index in [1.165, 1.54) is 0 Å². The van der Waals surface area contributed by atoms with Crippen LogP contribution in [0.2, 0.25) is 5.02 Å². The van der Waals surface area contributed by atoms with Crippen molar-refractivity contribution < 1.29 is 5.11 Å². The van der Waals surface area contributed by atoms with Gasteiger partial charge in [-0.1, -0.05) is 29.5 Å². The van der Waals surface area contributed by atoms with E-state index in [4.69, 9.17) is 16.7 Å². The highest BCUT2D eigenvalue weighted by Crippen LogP contribution is 2.09. The molecule has 0 saturated heterocycles. The van der Waals surface area contributed by atoms with Crippen molar-refractivity contribution in [3.8, 4) is 11.8 Å². The van der Waals surface area contributed by atoms with Gasteiger partial charge < -0.3 is 5.11 Å². The highest BCUT2D eigenvalue weighted by Gasteiger charge is 1.88. The minimum Gasteiger partial charge on any atom is -0.396 e. The van der Waals surface area contributed by atoms with Crippen molar-refractivity contribution in [3.63, 3.8) is 0 Å². The van der Waals surface area contributed by atoms with E-state index in [1.54, 1.807) is 0 Å². The topological polar surface area (TPSA) is 20.2 Å². The molecule has 0 amide bonds. The van der Waals surface area contributed by atoms with Crippen LogP contribution in [0.5, 0.6) is 0 Å². The number of halogens is 1. The summed E-state index contributed by atoms with van der Waals surface area (Å²) in [6.45, 7) is 0.249. The molecular weight excluding hydrogens is 196 g/mol. The summed E-state index contributed by atoms with van der Waals surface area (Å²) >= 11 is 5.81. The Balaban J connectivity index is 2.43. The zero-order chi connectivity index (χ0) is 10.2. The van der Waals surface area contributed by atoms with Gasteiger partial charge in [-0.3, -0.25) is 0 Å². The minimum absolute atomic E-state index is 0.249. The van der Waals surface area contributed by atoms with E-state index in [0.29, 0.717) is 5.02 Å². The highest BCUT2D eigenvalue weighted by molar-refractivity contribution is 6.30. The Bertz CT molecular complexity index is 336. The van der Waals surface area contributed by atoms with Crippen molar-refractivity contribution in [2.75, 3.05) is 6.61 Å². The van der Waals surface area contributed by atoms with E-state index >= 15 is 0 Å². The van der Waals surface area contributed by atoms with Crippen LogP contribution in [0, 0.1) is 11.8 Å². The predicted octanol–water partition coefficient (Wildman–Crippen LogP) is 2.85. The molecule has 2 heteroatoms. The van der Waals surface area contributed by atoms with Crippen LogP contribution in [0.15, 0.2) is 24.3 Å². The Kier molecular flexibility index (Phi) is 5.14. The first kappa shape index (κ1) is 11.1. The van der Waals surface area contributed by atoms with Crippen LogP contribution < -0.4 is 0 Å². The fraction of sp³-hybridized carbons (Fsp3) is 0.333. The van der Waals surface area contributed by atoms with E-state index < -0.39 is 0 Å². The molecule has 0 bridgehead atoms. The monoisotopic (exact) mass is 208 g/mol. The molecule has 0 aliphatic rings. The van der Waals surface area contributed by atoms with Gasteiger partial charge in [-0.25, -0.2) is 0 Å². The summed E-state index contributed by atoms with van der Waals surface area (Å²) in [7, 11) is 0. The van der Waals surface area contributed by atoms with Gasteiger partial charge in [0.25, 0.3) is 0 Å². The molecule has 1 N–H and O–H groups in total. The number of rotatable bonds is 3. The minimum atomic E-state index is 0.249. The molecule has 0 heterocycles. The Morgan fingerprint density at radius 1 is 1.29 bits per heavy atom. The molecule has 1 aromatic rings. The Morgan fingerprint density at radius 2 is 2.14 bits per heavy atom. The SMILES string of the molecule is OCCCCC#Cc1cccc(Cl)c1. The van der Waals surface area contributed by atoms with Crippen molar-refractivity contribution in [1.29, 1.82) is 0 Å². The molecule has 14 heavy (non-hydrogen) atoms. The lowest BCUT2D eigenvalue weighted by Gasteiger charge is -1.91. The summed E-state index contributed by atoms with van der Waals surface area (Å²) in [6.07, 6.45) is 2.60. The number of benzene rings is 1. The van der Waals surface area contributed by atoms with Crippen LogP contribution in [0.4, 0.5) is 0 Å². The average Bonchev–Trinajstić information content (AvgIpc) is 2.18. The van der Waals surface area contributed by atoms with Gasteiger partial charge in [0.2, 0.25) is 0 Å². The van der Waals surface area contributed by atoms with Gasteiger partial charge in [0.1, 0.15) is 0 Å². The molecule has 0 atom stereocenters. The fourth-order valence-corrected chi connectivity index (χ4v) is 1.25. The van der Waals surface area contributed by atoms with Crippen LogP contribution >= 0.6 is 11.6 Å². The van der Waals surface area contributed by atoms with Crippen molar-refractivity contribution in [3.05, 3.63) is 34.9 Å². The third kappa shape index (κ3) is 4.32. The van der Waals surface area contributed by atoms with Crippen molar-refractivity contribution >= 4 is 11.6 Å². The zero-order valence-electron chi connectivity index (χ0n) is 7.96. The van der Waals surface area contributed by atoms with Crippen molar-refractivity contribution in [1.82, 2.24) is 0 Å². The van der Waals surface area contributed by atoms with Gasteiger partial charge in [-0.05, 0) is 31.0 Å². The van der Waals surface area contributed by atoms with E-state index in [0.717, 1.165) is 24.8 Å². The molecule has 1 aromatic carbocycles. The third-order valence-electron chi connectivity index (χ3n) is 1.77. The Morgan fingerprint density at radius 3 is 2.86 bits per heavy atom. The highest BCUT2D eigenvalue weighted by atomic mass is 35.5. The van der Waals surface area contributed by atoms with Crippen LogP contribution in [-0.4, -0.2) is 11.7 Å². The van der Waals surface area contributed by atoms with Gasteiger partial charge in [0.15, 0.2) is 0 Å². The quantitative estimate of drug-likeness (QED) is 0.598. The first-order valence-corrected chi connectivity index (χ1v) is 5.06. The second-order valence-electron chi connectivity index (χ2n) is 2.99. The first-order valence-electron chi connectivity index (χ1n) is 4.68. The molecule has 0 saturated carbocycles. The van der Waals surface area contributed by atoms with E-state index in [2.05, 4.69) is 11.8 Å². The average molecular weight is 209 g/mol. The molecule has 0 radical (unpaired) electrons. The molecule has 0 aliphatic heterocycles. The molecule has 74 valence electrons. The molecule has 0 spiro atoms. The Hall–Kier alpha value is -0.970. The molecule has 0 unspecified atom stereocenters. The summed E-state index contributed by atoms with van der Waals surface area (Å²) in [5.41, 5.74) is 0.946. The van der Waals surface area contributed by atoms with Gasteiger partial charge >= 0.3 is 0 Å². The first-order chi connectivity index (χ1) is 6.83.